The fourth-order valence-electron chi connectivity index (χ4n) is 1.97. The fraction of sp³-hybridized carbons (Fsp3) is 0.333. The van der Waals surface area contributed by atoms with E-state index in [-0.39, 0.29) is 0 Å². The smallest absolute Gasteiger partial charge is 0.331 e. The van der Waals surface area contributed by atoms with Crippen LogP contribution in [0.2, 0.25) is 0 Å². The molecular weight excluding hydrogens is 280 g/mol. The summed E-state index contributed by atoms with van der Waals surface area (Å²) >= 11 is 0. The highest BCUT2D eigenvalue weighted by Gasteiger charge is 2.29. The molecule has 0 saturated carbocycles. The van der Waals surface area contributed by atoms with Crippen LogP contribution in [0.5, 0.6) is 0 Å². The van der Waals surface area contributed by atoms with Crippen molar-refractivity contribution in [1.29, 1.82) is 0 Å². The summed E-state index contributed by atoms with van der Waals surface area (Å²) in [5, 5.41) is 0. The van der Waals surface area contributed by atoms with Crippen molar-refractivity contribution in [2.45, 2.75) is 38.9 Å². The molecule has 0 unspecified atom stereocenters. The predicted octanol–water partition coefficient (Wildman–Crippen LogP) is 3.62. The lowest BCUT2D eigenvalue weighted by atomic mass is 9.90. The largest absolute Gasteiger partial charge is 0.452 e. The van der Waals surface area contributed by atoms with Gasteiger partial charge in [0, 0.05) is 12.2 Å². The van der Waals surface area contributed by atoms with Gasteiger partial charge >= 0.3 is 11.9 Å². The number of esters is 2. The molecule has 0 atom stereocenters. The van der Waals surface area contributed by atoms with Gasteiger partial charge in [0.15, 0.2) is 0 Å². The van der Waals surface area contributed by atoms with Gasteiger partial charge < -0.3 is 9.47 Å². The molecule has 0 aliphatic carbocycles. The maximum atomic E-state index is 11.4. The first-order valence-corrected chi connectivity index (χ1v) is 6.94. The van der Waals surface area contributed by atoms with Crippen molar-refractivity contribution in [3.8, 4) is 0 Å². The first kappa shape index (κ1) is 17.7. The van der Waals surface area contributed by atoms with Crippen LogP contribution in [0.15, 0.2) is 49.6 Å². The molecule has 1 aromatic carbocycles. The highest BCUT2D eigenvalue weighted by Crippen LogP contribution is 2.31. The Hall–Kier alpha value is -2.36. The van der Waals surface area contributed by atoms with E-state index in [0.717, 1.165) is 23.3 Å². The van der Waals surface area contributed by atoms with E-state index in [2.05, 4.69) is 13.2 Å². The number of rotatable bonds is 6. The van der Waals surface area contributed by atoms with Crippen LogP contribution >= 0.6 is 0 Å². The minimum absolute atomic E-state index is 0.493. The summed E-state index contributed by atoms with van der Waals surface area (Å²) < 4.78 is 10.7. The topological polar surface area (TPSA) is 52.6 Å². The molecule has 4 nitrogen and oxygen atoms in total. The highest BCUT2D eigenvalue weighted by molar-refractivity contribution is 5.82. The summed E-state index contributed by atoms with van der Waals surface area (Å²) in [5.74, 6) is -0.986. The third kappa shape index (κ3) is 4.32. The van der Waals surface area contributed by atoms with Crippen LogP contribution in [0.1, 0.15) is 38.8 Å². The van der Waals surface area contributed by atoms with Crippen molar-refractivity contribution < 1.29 is 19.1 Å². The van der Waals surface area contributed by atoms with E-state index in [1.54, 1.807) is 27.7 Å². The van der Waals surface area contributed by atoms with Gasteiger partial charge in [-0.3, -0.25) is 0 Å². The van der Waals surface area contributed by atoms with Crippen LogP contribution < -0.4 is 0 Å². The molecule has 0 N–H and O–H groups in total. The second-order valence-corrected chi connectivity index (χ2v) is 5.85. The minimum atomic E-state index is -0.820. The van der Waals surface area contributed by atoms with E-state index in [1.807, 2.05) is 24.3 Å². The lowest BCUT2D eigenvalue weighted by Gasteiger charge is -2.29. The highest BCUT2D eigenvalue weighted by atomic mass is 16.6. The Kier molecular flexibility index (Phi) is 5.31. The van der Waals surface area contributed by atoms with Crippen LogP contribution in [0.3, 0.4) is 0 Å². The molecule has 0 aromatic heterocycles. The molecule has 4 heteroatoms. The van der Waals surface area contributed by atoms with Crippen LogP contribution in [-0.4, -0.2) is 11.9 Å². The molecule has 0 amide bonds. The van der Waals surface area contributed by atoms with Gasteiger partial charge in [-0.25, -0.2) is 9.59 Å². The summed E-state index contributed by atoms with van der Waals surface area (Å²) in [6.07, 6.45) is 2.25. The standard InChI is InChI=1S/C18H22O4/c1-7-15(19)21-17(3,4)13-10-9-11-14(12-13)18(5,6)22-16(20)8-2/h7-12H,1-2H2,3-6H3. The molecule has 0 saturated heterocycles. The quantitative estimate of drug-likeness (QED) is 0.595. The zero-order valence-corrected chi connectivity index (χ0v) is 13.5. The van der Waals surface area contributed by atoms with E-state index >= 15 is 0 Å². The maximum Gasteiger partial charge on any atom is 0.331 e. The average Bonchev–Trinajstić information content (AvgIpc) is 2.46. The minimum Gasteiger partial charge on any atom is -0.452 e. The summed E-state index contributed by atoms with van der Waals surface area (Å²) in [4.78, 5) is 22.9. The van der Waals surface area contributed by atoms with Crippen molar-refractivity contribution in [2.24, 2.45) is 0 Å². The van der Waals surface area contributed by atoms with E-state index in [1.165, 1.54) is 0 Å². The lowest BCUT2D eigenvalue weighted by Crippen LogP contribution is -2.27. The van der Waals surface area contributed by atoms with Gasteiger partial charge in [0.1, 0.15) is 11.2 Å². The SMILES string of the molecule is C=CC(=O)OC(C)(C)c1cccc(C(C)(C)OC(=O)C=C)c1. The number of carbonyl (C=O) groups excluding carboxylic acids is 2. The molecule has 22 heavy (non-hydrogen) atoms. The van der Waals surface area contributed by atoms with Gasteiger partial charge in [-0.2, -0.15) is 0 Å². The number of hydrogen-bond acceptors (Lipinski definition) is 4. The number of hydrogen-bond donors (Lipinski definition) is 0. The zero-order valence-electron chi connectivity index (χ0n) is 13.5. The van der Waals surface area contributed by atoms with Crippen molar-refractivity contribution in [1.82, 2.24) is 0 Å². The van der Waals surface area contributed by atoms with Crippen molar-refractivity contribution in [3.63, 3.8) is 0 Å². The molecule has 0 bridgehead atoms. The predicted molar refractivity (Wildman–Crippen MR) is 85.1 cm³/mol. The molecule has 118 valence electrons. The van der Waals surface area contributed by atoms with Crippen LogP contribution in [0.25, 0.3) is 0 Å². The van der Waals surface area contributed by atoms with Crippen molar-refractivity contribution in [2.75, 3.05) is 0 Å². The average molecular weight is 302 g/mol. The molecule has 0 fully saturated rings. The summed E-state index contributed by atoms with van der Waals surface area (Å²) in [6.45, 7) is 13.9. The van der Waals surface area contributed by atoms with E-state index < -0.39 is 23.1 Å². The molecule has 0 aliphatic heterocycles. The molecular formula is C18H22O4. The summed E-state index contributed by atoms with van der Waals surface area (Å²) in [5.41, 5.74) is -0.0505. The summed E-state index contributed by atoms with van der Waals surface area (Å²) in [7, 11) is 0. The Balaban J connectivity index is 3.12. The van der Waals surface area contributed by atoms with Gasteiger partial charge in [0.25, 0.3) is 0 Å². The van der Waals surface area contributed by atoms with E-state index in [0.29, 0.717) is 0 Å². The Bertz CT molecular complexity index is 548. The maximum absolute atomic E-state index is 11.4. The number of benzene rings is 1. The Labute approximate surface area is 131 Å². The van der Waals surface area contributed by atoms with Gasteiger partial charge in [0.2, 0.25) is 0 Å². The Morgan fingerprint density at radius 3 is 1.59 bits per heavy atom. The molecule has 1 aromatic rings. The number of ether oxygens (including phenoxy) is 2. The van der Waals surface area contributed by atoms with Gasteiger partial charge in [0.05, 0.1) is 0 Å². The lowest BCUT2D eigenvalue weighted by molar-refractivity contribution is -0.151. The van der Waals surface area contributed by atoms with Gasteiger partial charge in [-0.15, -0.1) is 0 Å². The first-order valence-electron chi connectivity index (χ1n) is 6.94. The molecule has 0 spiro atoms. The van der Waals surface area contributed by atoms with Crippen LogP contribution in [0.4, 0.5) is 0 Å². The second kappa shape index (κ2) is 6.60. The fourth-order valence-corrected chi connectivity index (χ4v) is 1.97. The second-order valence-electron chi connectivity index (χ2n) is 5.85. The number of carbonyl (C=O) groups is 2. The zero-order chi connectivity index (χ0) is 17.0. The molecule has 1 rings (SSSR count). The van der Waals surface area contributed by atoms with Crippen molar-refractivity contribution in [3.05, 3.63) is 60.7 Å². The van der Waals surface area contributed by atoms with Crippen LogP contribution in [0, 0.1) is 0 Å². The van der Waals surface area contributed by atoms with E-state index in [4.69, 9.17) is 9.47 Å². The summed E-state index contributed by atoms with van der Waals surface area (Å²) in [6, 6.07) is 7.39. The Morgan fingerprint density at radius 1 is 0.909 bits per heavy atom. The molecule has 0 aliphatic rings. The molecule has 0 heterocycles. The van der Waals surface area contributed by atoms with Gasteiger partial charge in [-0.05, 0) is 44.9 Å². The van der Waals surface area contributed by atoms with Gasteiger partial charge in [-0.1, -0.05) is 31.4 Å². The first-order chi connectivity index (χ1) is 10.1. The normalized spacial score (nSPS) is 11.5. The third-order valence-corrected chi connectivity index (χ3v) is 3.30. The van der Waals surface area contributed by atoms with Crippen molar-refractivity contribution >= 4 is 11.9 Å². The molecule has 0 radical (unpaired) electrons. The van der Waals surface area contributed by atoms with E-state index in [9.17, 15) is 9.59 Å². The Morgan fingerprint density at radius 2 is 1.27 bits per heavy atom. The monoisotopic (exact) mass is 302 g/mol. The third-order valence-electron chi connectivity index (χ3n) is 3.30. The van der Waals surface area contributed by atoms with Crippen LogP contribution in [-0.2, 0) is 30.3 Å².